The molecular formula is C13H16O2S. The topological polar surface area (TPSA) is 26.3 Å². The number of allylic oxidation sites excluding steroid dienone is 1. The average Bonchev–Trinajstić information content (AvgIpc) is 2.30. The van der Waals surface area contributed by atoms with Gasteiger partial charge >= 0.3 is 5.97 Å². The van der Waals surface area contributed by atoms with Gasteiger partial charge in [-0.2, -0.15) is 0 Å². The molecule has 2 nitrogen and oxygen atoms in total. The van der Waals surface area contributed by atoms with E-state index >= 15 is 0 Å². The minimum absolute atomic E-state index is 0.261. The van der Waals surface area contributed by atoms with E-state index in [9.17, 15) is 4.79 Å². The molecule has 0 aliphatic rings. The molecule has 16 heavy (non-hydrogen) atoms. The van der Waals surface area contributed by atoms with Crippen LogP contribution in [0.4, 0.5) is 0 Å². The zero-order valence-corrected chi connectivity index (χ0v) is 10.4. The van der Waals surface area contributed by atoms with Gasteiger partial charge in [-0.3, -0.25) is 0 Å². The number of benzene rings is 1. The second kappa shape index (κ2) is 7.12. The van der Waals surface area contributed by atoms with Crippen LogP contribution in [0.1, 0.15) is 20.3 Å². The summed E-state index contributed by atoms with van der Waals surface area (Å²) in [7, 11) is 0. The molecule has 0 aliphatic carbocycles. The summed E-state index contributed by atoms with van der Waals surface area (Å²) in [6.45, 7) is 4.25. The number of rotatable bonds is 5. The normalized spacial score (nSPS) is 11.2. The first kappa shape index (κ1) is 12.8. The maximum atomic E-state index is 11.3. The highest BCUT2D eigenvalue weighted by molar-refractivity contribution is 8.03. The van der Waals surface area contributed by atoms with E-state index in [0.29, 0.717) is 6.61 Å². The monoisotopic (exact) mass is 236 g/mol. The largest absolute Gasteiger partial charge is 0.463 e. The molecule has 0 heterocycles. The van der Waals surface area contributed by atoms with Gasteiger partial charge in [0.1, 0.15) is 0 Å². The minimum Gasteiger partial charge on any atom is -0.463 e. The van der Waals surface area contributed by atoms with Gasteiger partial charge in [-0.25, -0.2) is 4.79 Å². The van der Waals surface area contributed by atoms with E-state index in [4.69, 9.17) is 4.74 Å². The molecule has 1 aromatic carbocycles. The zero-order valence-electron chi connectivity index (χ0n) is 9.60. The fourth-order valence-electron chi connectivity index (χ4n) is 1.16. The predicted molar refractivity (Wildman–Crippen MR) is 67.3 cm³/mol. The Balaban J connectivity index is 2.65. The molecule has 0 radical (unpaired) electrons. The smallest absolute Gasteiger partial charge is 0.331 e. The van der Waals surface area contributed by atoms with E-state index in [1.807, 2.05) is 44.2 Å². The van der Waals surface area contributed by atoms with Gasteiger partial charge in [0.05, 0.1) is 6.61 Å². The summed E-state index contributed by atoms with van der Waals surface area (Å²) in [4.78, 5) is 13.4. The number of ether oxygens (including phenoxy) is 1. The molecule has 0 aromatic heterocycles. The first-order valence-corrected chi connectivity index (χ1v) is 6.18. The van der Waals surface area contributed by atoms with Crippen LogP contribution in [0, 0.1) is 0 Å². The highest BCUT2D eigenvalue weighted by Crippen LogP contribution is 2.28. The third kappa shape index (κ3) is 4.53. The van der Waals surface area contributed by atoms with Crippen LogP contribution in [0.5, 0.6) is 0 Å². The van der Waals surface area contributed by atoms with Crippen LogP contribution in [0.25, 0.3) is 0 Å². The van der Waals surface area contributed by atoms with Gasteiger partial charge < -0.3 is 4.74 Å². The second-order valence-electron chi connectivity index (χ2n) is 3.13. The maximum absolute atomic E-state index is 11.3. The van der Waals surface area contributed by atoms with Crippen molar-refractivity contribution in [3.8, 4) is 0 Å². The van der Waals surface area contributed by atoms with Gasteiger partial charge in [0.2, 0.25) is 0 Å². The van der Waals surface area contributed by atoms with Crippen molar-refractivity contribution in [3.05, 3.63) is 41.3 Å². The Labute approximate surface area is 101 Å². The van der Waals surface area contributed by atoms with Crippen molar-refractivity contribution in [1.82, 2.24) is 0 Å². The van der Waals surface area contributed by atoms with E-state index in [2.05, 4.69) is 0 Å². The molecule has 0 bridgehead atoms. The Bertz CT molecular complexity index is 357. The van der Waals surface area contributed by atoms with Crippen molar-refractivity contribution in [2.45, 2.75) is 25.2 Å². The summed E-state index contributed by atoms with van der Waals surface area (Å²) in [5.41, 5.74) is 0. The Morgan fingerprint density at radius 1 is 1.31 bits per heavy atom. The van der Waals surface area contributed by atoms with Crippen molar-refractivity contribution in [3.63, 3.8) is 0 Å². The van der Waals surface area contributed by atoms with E-state index < -0.39 is 0 Å². The van der Waals surface area contributed by atoms with Gasteiger partial charge in [-0.15, -0.1) is 0 Å². The predicted octanol–water partition coefficient (Wildman–Crippen LogP) is 3.64. The van der Waals surface area contributed by atoms with Crippen molar-refractivity contribution >= 4 is 17.7 Å². The van der Waals surface area contributed by atoms with Gasteiger partial charge in [0, 0.05) is 11.0 Å². The molecule has 0 unspecified atom stereocenters. The van der Waals surface area contributed by atoms with E-state index in [1.165, 1.54) is 0 Å². The molecule has 1 aromatic rings. The average molecular weight is 236 g/mol. The minimum atomic E-state index is -0.261. The number of carbonyl (C=O) groups excluding carboxylic acids is 1. The van der Waals surface area contributed by atoms with Crippen LogP contribution >= 0.6 is 11.8 Å². The molecule has 1 rings (SSSR count). The van der Waals surface area contributed by atoms with E-state index in [0.717, 1.165) is 16.2 Å². The van der Waals surface area contributed by atoms with Gasteiger partial charge in [-0.1, -0.05) is 36.9 Å². The van der Waals surface area contributed by atoms with Crippen molar-refractivity contribution < 1.29 is 9.53 Å². The lowest BCUT2D eigenvalue weighted by molar-refractivity contribution is -0.137. The number of esters is 1. The van der Waals surface area contributed by atoms with Crippen LogP contribution in [-0.4, -0.2) is 12.6 Å². The summed E-state index contributed by atoms with van der Waals surface area (Å²) >= 11 is 1.60. The number of thioether (sulfide) groups is 1. The molecule has 0 amide bonds. The van der Waals surface area contributed by atoms with Crippen LogP contribution < -0.4 is 0 Å². The standard InChI is InChI=1S/C13H16O2S/c1-3-11(10-13(14)15-4-2)16-12-8-6-5-7-9-12/h5-10H,3-4H2,1-2H3/b11-10-. The van der Waals surface area contributed by atoms with E-state index in [-0.39, 0.29) is 5.97 Å². The van der Waals surface area contributed by atoms with Crippen LogP contribution in [0.15, 0.2) is 46.2 Å². The Kier molecular flexibility index (Phi) is 5.72. The summed E-state index contributed by atoms with van der Waals surface area (Å²) in [6, 6.07) is 10.0. The summed E-state index contributed by atoms with van der Waals surface area (Å²) < 4.78 is 4.88. The van der Waals surface area contributed by atoms with Crippen molar-refractivity contribution in [2.75, 3.05) is 6.61 Å². The van der Waals surface area contributed by atoms with Crippen molar-refractivity contribution in [1.29, 1.82) is 0 Å². The first-order valence-electron chi connectivity index (χ1n) is 5.36. The fraction of sp³-hybridized carbons (Fsp3) is 0.308. The molecule has 0 atom stereocenters. The van der Waals surface area contributed by atoms with Crippen LogP contribution in [-0.2, 0) is 9.53 Å². The fourth-order valence-corrected chi connectivity index (χ4v) is 2.05. The Hall–Kier alpha value is -1.22. The second-order valence-corrected chi connectivity index (χ2v) is 4.33. The molecule has 0 saturated carbocycles. The number of hydrogen-bond acceptors (Lipinski definition) is 3. The molecule has 0 fully saturated rings. The third-order valence-corrected chi connectivity index (χ3v) is 3.08. The van der Waals surface area contributed by atoms with Gasteiger partial charge in [-0.05, 0) is 30.4 Å². The highest BCUT2D eigenvalue weighted by Gasteiger charge is 2.02. The molecule has 86 valence electrons. The number of hydrogen-bond donors (Lipinski definition) is 0. The lowest BCUT2D eigenvalue weighted by Gasteiger charge is -2.04. The highest BCUT2D eigenvalue weighted by atomic mass is 32.2. The number of carbonyl (C=O) groups is 1. The van der Waals surface area contributed by atoms with Crippen molar-refractivity contribution in [2.24, 2.45) is 0 Å². The maximum Gasteiger partial charge on any atom is 0.331 e. The lowest BCUT2D eigenvalue weighted by atomic mass is 10.4. The summed E-state index contributed by atoms with van der Waals surface area (Å²) in [6.07, 6.45) is 2.40. The molecular weight excluding hydrogens is 220 g/mol. The summed E-state index contributed by atoms with van der Waals surface area (Å²) in [5, 5.41) is 0. The Morgan fingerprint density at radius 3 is 2.56 bits per heavy atom. The van der Waals surface area contributed by atoms with E-state index in [1.54, 1.807) is 17.8 Å². The molecule has 0 saturated heterocycles. The molecule has 3 heteroatoms. The SMILES string of the molecule is CCOC(=O)/C=C(/CC)Sc1ccccc1. The summed E-state index contributed by atoms with van der Waals surface area (Å²) in [5.74, 6) is -0.261. The van der Waals surface area contributed by atoms with Crippen LogP contribution in [0.3, 0.4) is 0 Å². The van der Waals surface area contributed by atoms with Gasteiger partial charge in [0.15, 0.2) is 0 Å². The molecule has 0 spiro atoms. The zero-order chi connectivity index (χ0) is 11.8. The van der Waals surface area contributed by atoms with Crippen LogP contribution in [0.2, 0.25) is 0 Å². The third-order valence-electron chi connectivity index (χ3n) is 1.91. The Morgan fingerprint density at radius 2 is 2.00 bits per heavy atom. The molecule has 0 aliphatic heterocycles. The first-order chi connectivity index (χ1) is 7.76. The quantitative estimate of drug-likeness (QED) is 0.443. The lowest BCUT2D eigenvalue weighted by Crippen LogP contribution is -2.00. The van der Waals surface area contributed by atoms with Gasteiger partial charge in [0.25, 0.3) is 0 Å². The molecule has 0 N–H and O–H groups in total.